The molecule has 0 unspecified atom stereocenters. The summed E-state index contributed by atoms with van der Waals surface area (Å²) in [5, 5.41) is 22.1. The molecule has 2 heterocycles. The van der Waals surface area contributed by atoms with E-state index in [1.807, 2.05) is 0 Å². The van der Waals surface area contributed by atoms with Crippen LogP contribution in [0.4, 0.5) is 15.9 Å². The van der Waals surface area contributed by atoms with Gasteiger partial charge in [0.2, 0.25) is 5.91 Å². The van der Waals surface area contributed by atoms with Gasteiger partial charge in [-0.25, -0.2) is 4.39 Å². The van der Waals surface area contributed by atoms with Crippen molar-refractivity contribution in [3.63, 3.8) is 0 Å². The van der Waals surface area contributed by atoms with Crippen LogP contribution in [0, 0.1) is 29.8 Å². The van der Waals surface area contributed by atoms with Crippen molar-refractivity contribution in [3.8, 4) is 0 Å². The molecule has 0 spiro atoms. The van der Waals surface area contributed by atoms with Crippen LogP contribution in [0.3, 0.4) is 0 Å². The molecule has 11 heteroatoms. The average molecular weight is 421 g/mol. The van der Waals surface area contributed by atoms with E-state index in [1.54, 1.807) is 32.0 Å². The Morgan fingerprint density at radius 3 is 2.69 bits per heavy atom. The third kappa shape index (κ3) is 4.60. The number of halogens is 2. The summed E-state index contributed by atoms with van der Waals surface area (Å²) in [7, 11) is 0. The topological polar surface area (TPSA) is 108 Å². The summed E-state index contributed by atoms with van der Waals surface area (Å²) >= 11 is 6.11. The maximum absolute atomic E-state index is 13.8. The van der Waals surface area contributed by atoms with E-state index in [4.69, 9.17) is 11.6 Å². The largest absolute Gasteiger partial charge is 0.312 e. The van der Waals surface area contributed by atoms with E-state index >= 15 is 0 Å². The lowest BCUT2D eigenvalue weighted by Crippen LogP contribution is -2.16. The Morgan fingerprint density at radius 2 is 2.03 bits per heavy atom. The number of carbonyl (C=O) groups excluding carboxylic acids is 1. The Labute approximate surface area is 170 Å². The van der Waals surface area contributed by atoms with Crippen LogP contribution in [0.25, 0.3) is 0 Å². The van der Waals surface area contributed by atoms with Gasteiger partial charge in [-0.1, -0.05) is 29.8 Å². The quantitative estimate of drug-likeness (QED) is 0.465. The SMILES string of the molecule is Cc1nn(CCC(=O)Nc2nn(Cc3ccccc3F)cc2Cl)c(C)c1[N+](=O)[O-]. The monoisotopic (exact) mass is 420 g/mol. The molecule has 0 saturated carbocycles. The molecular formula is C18H18ClFN6O3. The molecule has 0 aliphatic carbocycles. The Balaban J connectivity index is 1.63. The van der Waals surface area contributed by atoms with Gasteiger partial charge in [-0.3, -0.25) is 24.3 Å². The van der Waals surface area contributed by atoms with Crippen molar-refractivity contribution < 1.29 is 14.1 Å². The first-order valence-corrected chi connectivity index (χ1v) is 9.08. The number of amides is 1. The number of rotatable bonds is 7. The van der Waals surface area contributed by atoms with Crippen molar-refractivity contribution in [3.05, 3.63) is 68.4 Å². The number of nitrogens with zero attached hydrogens (tertiary/aromatic N) is 5. The normalized spacial score (nSPS) is 10.9. The van der Waals surface area contributed by atoms with Gasteiger partial charge < -0.3 is 5.32 Å². The number of hydrogen-bond acceptors (Lipinski definition) is 5. The number of nitro groups is 1. The standard InChI is InChI=1S/C18H18ClFN6O3/c1-11-17(26(28)29)12(2)25(22-11)8-7-16(27)21-18-14(19)10-24(23-18)9-13-5-3-4-6-15(13)20/h3-6,10H,7-9H2,1-2H3,(H,21,23,27). The van der Waals surface area contributed by atoms with E-state index in [9.17, 15) is 19.3 Å². The first-order valence-electron chi connectivity index (χ1n) is 8.71. The van der Waals surface area contributed by atoms with Gasteiger partial charge in [-0.15, -0.1) is 0 Å². The maximum Gasteiger partial charge on any atom is 0.312 e. The lowest BCUT2D eigenvalue weighted by atomic mass is 10.2. The smallest absolute Gasteiger partial charge is 0.308 e. The first-order chi connectivity index (χ1) is 13.8. The van der Waals surface area contributed by atoms with E-state index in [0.29, 0.717) is 17.0 Å². The minimum absolute atomic E-state index is 0.0234. The zero-order valence-electron chi connectivity index (χ0n) is 15.7. The van der Waals surface area contributed by atoms with Crippen molar-refractivity contribution in [2.24, 2.45) is 0 Å². The van der Waals surface area contributed by atoms with Crippen LogP contribution in [0.15, 0.2) is 30.5 Å². The molecule has 29 heavy (non-hydrogen) atoms. The van der Waals surface area contributed by atoms with E-state index in [-0.39, 0.29) is 47.8 Å². The zero-order valence-corrected chi connectivity index (χ0v) is 16.5. The first kappa shape index (κ1) is 20.5. The van der Waals surface area contributed by atoms with E-state index in [2.05, 4.69) is 15.5 Å². The van der Waals surface area contributed by atoms with Crippen LogP contribution < -0.4 is 5.32 Å². The van der Waals surface area contributed by atoms with Crippen LogP contribution in [-0.4, -0.2) is 30.4 Å². The lowest BCUT2D eigenvalue weighted by Gasteiger charge is -2.05. The molecule has 9 nitrogen and oxygen atoms in total. The highest BCUT2D eigenvalue weighted by Gasteiger charge is 2.22. The molecule has 0 aliphatic rings. The van der Waals surface area contributed by atoms with Crippen molar-refractivity contribution in [1.29, 1.82) is 0 Å². The number of aryl methyl sites for hydroxylation is 2. The highest BCUT2D eigenvalue weighted by atomic mass is 35.5. The molecule has 0 saturated heterocycles. The minimum atomic E-state index is -0.490. The van der Waals surface area contributed by atoms with Crippen molar-refractivity contribution in [1.82, 2.24) is 19.6 Å². The third-order valence-electron chi connectivity index (χ3n) is 4.34. The van der Waals surface area contributed by atoms with Crippen molar-refractivity contribution >= 4 is 29.0 Å². The van der Waals surface area contributed by atoms with Gasteiger partial charge in [0.25, 0.3) is 0 Å². The third-order valence-corrected chi connectivity index (χ3v) is 4.62. The molecule has 3 aromatic rings. The molecule has 152 valence electrons. The van der Waals surface area contributed by atoms with Crippen LogP contribution in [-0.2, 0) is 17.9 Å². The summed E-state index contributed by atoms with van der Waals surface area (Å²) in [6.07, 6.45) is 1.52. The number of aromatic nitrogens is 4. The van der Waals surface area contributed by atoms with Crippen LogP contribution in [0.5, 0.6) is 0 Å². The highest BCUT2D eigenvalue weighted by Crippen LogP contribution is 2.23. The highest BCUT2D eigenvalue weighted by molar-refractivity contribution is 6.33. The second-order valence-corrected chi connectivity index (χ2v) is 6.82. The molecule has 0 fully saturated rings. The number of hydrogen-bond donors (Lipinski definition) is 1. The Hall–Kier alpha value is -3.27. The predicted molar refractivity (Wildman–Crippen MR) is 104 cm³/mol. The van der Waals surface area contributed by atoms with Crippen molar-refractivity contribution in [2.75, 3.05) is 5.32 Å². The fourth-order valence-electron chi connectivity index (χ4n) is 2.94. The summed E-state index contributed by atoms with van der Waals surface area (Å²) in [5.74, 6) is -0.575. The summed E-state index contributed by atoms with van der Waals surface area (Å²) in [4.78, 5) is 22.8. The summed E-state index contributed by atoms with van der Waals surface area (Å²) < 4.78 is 16.6. The molecule has 0 aliphatic heterocycles. The number of benzene rings is 1. The van der Waals surface area contributed by atoms with E-state index in [0.717, 1.165) is 0 Å². The van der Waals surface area contributed by atoms with Gasteiger partial charge in [-0.05, 0) is 19.9 Å². The fourth-order valence-corrected chi connectivity index (χ4v) is 3.13. The maximum atomic E-state index is 13.8. The van der Waals surface area contributed by atoms with E-state index < -0.39 is 4.92 Å². The van der Waals surface area contributed by atoms with Gasteiger partial charge in [0.15, 0.2) is 5.82 Å². The molecule has 3 rings (SSSR count). The molecule has 0 atom stereocenters. The second-order valence-electron chi connectivity index (χ2n) is 6.41. The van der Waals surface area contributed by atoms with Crippen LogP contribution in [0.1, 0.15) is 23.4 Å². The summed E-state index contributed by atoms with van der Waals surface area (Å²) in [5.41, 5.74) is 1.06. The van der Waals surface area contributed by atoms with Crippen LogP contribution >= 0.6 is 11.6 Å². The Bertz CT molecular complexity index is 1080. The summed E-state index contributed by atoms with van der Waals surface area (Å²) in [6.45, 7) is 3.46. The minimum Gasteiger partial charge on any atom is -0.308 e. The lowest BCUT2D eigenvalue weighted by molar-refractivity contribution is -0.386. The van der Waals surface area contributed by atoms with Gasteiger partial charge in [0, 0.05) is 18.2 Å². The molecule has 1 N–H and O–H groups in total. The number of nitrogens with one attached hydrogen (secondary N) is 1. The zero-order chi connectivity index (χ0) is 21.1. The van der Waals surface area contributed by atoms with Gasteiger partial charge in [0.1, 0.15) is 22.2 Å². The molecular weight excluding hydrogens is 403 g/mol. The van der Waals surface area contributed by atoms with E-state index in [1.165, 1.54) is 21.6 Å². The van der Waals surface area contributed by atoms with Crippen LogP contribution in [0.2, 0.25) is 5.02 Å². The number of carbonyl (C=O) groups is 1. The van der Waals surface area contributed by atoms with Gasteiger partial charge in [-0.2, -0.15) is 10.2 Å². The molecule has 1 aromatic carbocycles. The van der Waals surface area contributed by atoms with Gasteiger partial charge >= 0.3 is 5.69 Å². The predicted octanol–water partition coefficient (Wildman–Crippen LogP) is 3.47. The Morgan fingerprint density at radius 1 is 1.31 bits per heavy atom. The average Bonchev–Trinajstić information content (AvgIpc) is 3.13. The van der Waals surface area contributed by atoms with Crippen molar-refractivity contribution in [2.45, 2.75) is 33.4 Å². The fraction of sp³-hybridized carbons (Fsp3) is 0.278. The molecule has 1 amide bonds. The number of anilines is 1. The molecule has 0 bridgehead atoms. The van der Waals surface area contributed by atoms with Gasteiger partial charge in [0.05, 0.1) is 18.0 Å². The second kappa shape index (κ2) is 8.39. The molecule has 0 radical (unpaired) electrons. The molecule has 2 aromatic heterocycles. The Kier molecular flexibility index (Phi) is 5.92. The summed E-state index contributed by atoms with van der Waals surface area (Å²) in [6, 6.07) is 6.30.